The Bertz CT molecular complexity index is 646. The summed E-state index contributed by atoms with van der Waals surface area (Å²) in [6.45, 7) is 1.14. The lowest BCUT2D eigenvalue weighted by Crippen LogP contribution is -2.18. The number of nitrogens with two attached hydrogens (primary N) is 1. The maximum atomic E-state index is 13.7. The second-order valence-electron chi connectivity index (χ2n) is 4.84. The first-order valence-electron chi connectivity index (χ1n) is 6.30. The van der Waals surface area contributed by atoms with Gasteiger partial charge in [0.15, 0.2) is 0 Å². The van der Waals surface area contributed by atoms with Crippen molar-refractivity contribution in [3.8, 4) is 6.07 Å². The number of nitrogens with zero attached hydrogens (tertiary/aromatic N) is 2. The summed E-state index contributed by atoms with van der Waals surface area (Å²) in [6, 6.07) is 14.3. The zero-order valence-corrected chi connectivity index (χ0v) is 11.3. The van der Waals surface area contributed by atoms with E-state index in [0.29, 0.717) is 29.9 Å². The zero-order chi connectivity index (χ0) is 14.5. The fourth-order valence-corrected chi connectivity index (χ4v) is 2.09. The lowest BCUT2D eigenvalue weighted by Gasteiger charge is -2.17. The standard InChI is InChI=1S/C16H16FN3/c1-20(10-13-4-2-3-12(7-13)9-18)11-14-5-6-15(19)8-16(14)17/h2-8H,10-11,19H2,1H3. The lowest BCUT2D eigenvalue weighted by atomic mass is 10.1. The Kier molecular flexibility index (Phi) is 4.34. The van der Waals surface area contributed by atoms with Crippen LogP contribution in [-0.4, -0.2) is 11.9 Å². The fourth-order valence-electron chi connectivity index (χ4n) is 2.09. The highest BCUT2D eigenvalue weighted by molar-refractivity contribution is 5.40. The molecule has 0 heterocycles. The van der Waals surface area contributed by atoms with Crippen LogP contribution >= 0.6 is 0 Å². The van der Waals surface area contributed by atoms with Gasteiger partial charge in [-0.3, -0.25) is 4.90 Å². The van der Waals surface area contributed by atoms with Gasteiger partial charge in [0.25, 0.3) is 0 Å². The molecule has 2 N–H and O–H groups in total. The number of benzene rings is 2. The van der Waals surface area contributed by atoms with Gasteiger partial charge in [0, 0.05) is 24.3 Å². The first-order valence-corrected chi connectivity index (χ1v) is 6.30. The third-order valence-electron chi connectivity index (χ3n) is 3.03. The Morgan fingerprint density at radius 1 is 1.20 bits per heavy atom. The van der Waals surface area contributed by atoms with E-state index in [9.17, 15) is 4.39 Å². The average Bonchev–Trinajstić information content (AvgIpc) is 2.42. The Morgan fingerprint density at radius 2 is 2.00 bits per heavy atom. The minimum absolute atomic E-state index is 0.289. The van der Waals surface area contributed by atoms with Crippen LogP contribution in [0.5, 0.6) is 0 Å². The Balaban J connectivity index is 2.05. The summed E-state index contributed by atoms with van der Waals surface area (Å²) in [6.07, 6.45) is 0. The SMILES string of the molecule is CN(Cc1cccc(C#N)c1)Cc1ccc(N)cc1F. The molecule has 0 saturated carbocycles. The van der Waals surface area contributed by atoms with Crippen LogP contribution in [0.4, 0.5) is 10.1 Å². The average molecular weight is 269 g/mol. The van der Waals surface area contributed by atoms with E-state index in [2.05, 4.69) is 6.07 Å². The van der Waals surface area contributed by atoms with Gasteiger partial charge in [-0.15, -0.1) is 0 Å². The van der Waals surface area contributed by atoms with Gasteiger partial charge in [-0.1, -0.05) is 18.2 Å². The third-order valence-corrected chi connectivity index (χ3v) is 3.03. The lowest BCUT2D eigenvalue weighted by molar-refractivity contribution is 0.313. The number of halogens is 1. The second kappa shape index (κ2) is 6.18. The van der Waals surface area contributed by atoms with Gasteiger partial charge in [-0.05, 0) is 36.9 Å². The van der Waals surface area contributed by atoms with Crippen molar-refractivity contribution in [2.75, 3.05) is 12.8 Å². The summed E-state index contributed by atoms with van der Waals surface area (Å²) in [5.74, 6) is -0.289. The van der Waals surface area contributed by atoms with Gasteiger partial charge in [-0.2, -0.15) is 5.26 Å². The fraction of sp³-hybridized carbons (Fsp3) is 0.188. The van der Waals surface area contributed by atoms with Crippen LogP contribution in [-0.2, 0) is 13.1 Å². The summed E-state index contributed by atoms with van der Waals surface area (Å²) in [5, 5.41) is 8.87. The van der Waals surface area contributed by atoms with Crippen molar-refractivity contribution in [1.29, 1.82) is 5.26 Å². The van der Waals surface area contributed by atoms with E-state index < -0.39 is 0 Å². The molecule has 20 heavy (non-hydrogen) atoms. The van der Waals surface area contributed by atoms with E-state index >= 15 is 0 Å². The summed E-state index contributed by atoms with van der Waals surface area (Å²) < 4.78 is 13.7. The summed E-state index contributed by atoms with van der Waals surface area (Å²) in [5.41, 5.74) is 8.23. The third kappa shape index (κ3) is 3.56. The van der Waals surface area contributed by atoms with Gasteiger partial charge < -0.3 is 5.73 Å². The predicted molar refractivity (Wildman–Crippen MR) is 77.1 cm³/mol. The molecule has 0 aliphatic carbocycles. The second-order valence-corrected chi connectivity index (χ2v) is 4.84. The van der Waals surface area contributed by atoms with Crippen LogP contribution in [0, 0.1) is 17.1 Å². The zero-order valence-electron chi connectivity index (χ0n) is 11.3. The van der Waals surface area contributed by atoms with Gasteiger partial charge >= 0.3 is 0 Å². The Hall–Kier alpha value is -2.38. The van der Waals surface area contributed by atoms with Crippen molar-refractivity contribution in [2.24, 2.45) is 0 Å². The van der Waals surface area contributed by atoms with E-state index in [1.165, 1.54) is 6.07 Å². The van der Waals surface area contributed by atoms with Gasteiger partial charge in [0.05, 0.1) is 11.6 Å². The maximum Gasteiger partial charge on any atom is 0.129 e. The van der Waals surface area contributed by atoms with Crippen molar-refractivity contribution in [1.82, 2.24) is 4.90 Å². The van der Waals surface area contributed by atoms with Crippen LogP contribution in [0.1, 0.15) is 16.7 Å². The molecule has 0 saturated heterocycles. The van der Waals surface area contributed by atoms with Crippen LogP contribution in [0.15, 0.2) is 42.5 Å². The molecular weight excluding hydrogens is 253 g/mol. The topological polar surface area (TPSA) is 53.0 Å². The molecule has 102 valence electrons. The molecule has 2 aromatic carbocycles. The highest BCUT2D eigenvalue weighted by atomic mass is 19.1. The van der Waals surface area contributed by atoms with Crippen molar-refractivity contribution >= 4 is 5.69 Å². The highest BCUT2D eigenvalue weighted by Crippen LogP contribution is 2.15. The molecule has 0 aliphatic rings. The Morgan fingerprint density at radius 3 is 2.70 bits per heavy atom. The molecule has 3 nitrogen and oxygen atoms in total. The summed E-state index contributed by atoms with van der Waals surface area (Å²) in [4.78, 5) is 1.99. The Labute approximate surface area is 118 Å². The number of nitrogen functional groups attached to an aromatic ring is 1. The molecule has 0 aliphatic heterocycles. The van der Waals surface area contributed by atoms with Crippen molar-refractivity contribution in [3.63, 3.8) is 0 Å². The van der Waals surface area contributed by atoms with Gasteiger partial charge in [0.2, 0.25) is 0 Å². The van der Waals surface area contributed by atoms with E-state index in [0.717, 1.165) is 5.56 Å². The molecule has 0 amide bonds. The molecule has 0 bridgehead atoms. The molecule has 4 heteroatoms. The van der Waals surface area contributed by atoms with Crippen LogP contribution in [0.2, 0.25) is 0 Å². The number of hydrogen-bond acceptors (Lipinski definition) is 3. The van der Waals surface area contributed by atoms with E-state index in [1.54, 1.807) is 18.2 Å². The largest absolute Gasteiger partial charge is 0.399 e. The molecule has 0 fully saturated rings. The minimum Gasteiger partial charge on any atom is -0.399 e. The number of nitriles is 1. The summed E-state index contributed by atoms with van der Waals surface area (Å²) >= 11 is 0. The number of rotatable bonds is 4. The van der Waals surface area contributed by atoms with Crippen molar-refractivity contribution in [3.05, 3.63) is 65.0 Å². The highest BCUT2D eigenvalue weighted by Gasteiger charge is 2.07. The van der Waals surface area contributed by atoms with Gasteiger partial charge in [-0.25, -0.2) is 4.39 Å². The van der Waals surface area contributed by atoms with Crippen LogP contribution in [0.3, 0.4) is 0 Å². The number of anilines is 1. The first-order chi connectivity index (χ1) is 9.58. The normalized spacial score (nSPS) is 10.5. The predicted octanol–water partition coefficient (Wildman–Crippen LogP) is 2.91. The quantitative estimate of drug-likeness (QED) is 0.868. The minimum atomic E-state index is -0.289. The van der Waals surface area contributed by atoms with E-state index in [4.69, 9.17) is 11.0 Å². The van der Waals surface area contributed by atoms with Crippen molar-refractivity contribution < 1.29 is 4.39 Å². The molecule has 0 radical (unpaired) electrons. The molecule has 0 spiro atoms. The molecule has 2 aromatic rings. The smallest absolute Gasteiger partial charge is 0.129 e. The molecular formula is C16H16FN3. The van der Waals surface area contributed by atoms with Crippen LogP contribution < -0.4 is 5.73 Å². The van der Waals surface area contributed by atoms with E-state index in [-0.39, 0.29) is 5.82 Å². The first kappa shape index (κ1) is 14.0. The maximum absolute atomic E-state index is 13.7. The molecule has 0 atom stereocenters. The molecule has 0 aromatic heterocycles. The number of hydrogen-bond donors (Lipinski definition) is 1. The van der Waals surface area contributed by atoms with E-state index in [1.807, 2.05) is 30.1 Å². The monoisotopic (exact) mass is 269 g/mol. The van der Waals surface area contributed by atoms with Crippen molar-refractivity contribution in [2.45, 2.75) is 13.1 Å². The van der Waals surface area contributed by atoms with Gasteiger partial charge in [0.1, 0.15) is 5.82 Å². The summed E-state index contributed by atoms with van der Waals surface area (Å²) in [7, 11) is 1.91. The molecule has 2 rings (SSSR count). The van der Waals surface area contributed by atoms with Crippen LogP contribution in [0.25, 0.3) is 0 Å². The molecule has 0 unspecified atom stereocenters.